The molecule has 4 nitrogen and oxygen atoms in total. The first kappa shape index (κ1) is 21.4. The van der Waals surface area contributed by atoms with Gasteiger partial charge in [-0.1, -0.05) is 37.3 Å². The number of carbonyl (C=O) groups excluding carboxylic acids is 1. The van der Waals surface area contributed by atoms with E-state index in [1.165, 1.54) is 0 Å². The Morgan fingerprint density at radius 2 is 1.92 bits per heavy atom. The number of pyridine rings is 1. The van der Waals surface area contributed by atoms with E-state index in [1.807, 2.05) is 41.3 Å². The number of benzene rings is 1. The lowest BCUT2D eigenvalue weighted by molar-refractivity contribution is 0.0573. The van der Waals surface area contributed by atoms with Crippen molar-refractivity contribution in [3.63, 3.8) is 0 Å². The van der Waals surface area contributed by atoms with Crippen molar-refractivity contribution >= 4 is 30.7 Å². The maximum absolute atomic E-state index is 12.9. The van der Waals surface area contributed by atoms with Crippen LogP contribution in [0.4, 0.5) is 0 Å². The SMILES string of the molecule is CC1CCN(C(=O)c2cncc(-c3ccccc3)c2)C(CN)C1.Cl.Cl. The van der Waals surface area contributed by atoms with Gasteiger partial charge < -0.3 is 10.6 Å². The molecule has 0 aliphatic carbocycles. The number of rotatable bonds is 3. The number of aromatic nitrogens is 1. The average molecular weight is 382 g/mol. The highest BCUT2D eigenvalue weighted by Crippen LogP contribution is 2.25. The van der Waals surface area contributed by atoms with Gasteiger partial charge in [-0.2, -0.15) is 0 Å². The lowest BCUT2D eigenvalue weighted by Gasteiger charge is -2.38. The van der Waals surface area contributed by atoms with E-state index in [0.29, 0.717) is 18.0 Å². The molecular weight excluding hydrogens is 357 g/mol. The minimum absolute atomic E-state index is 0. The van der Waals surface area contributed by atoms with Crippen LogP contribution in [0, 0.1) is 5.92 Å². The van der Waals surface area contributed by atoms with Gasteiger partial charge in [0.1, 0.15) is 0 Å². The molecule has 1 fully saturated rings. The molecule has 2 N–H and O–H groups in total. The first-order chi connectivity index (χ1) is 11.2. The minimum Gasteiger partial charge on any atom is -0.334 e. The van der Waals surface area contributed by atoms with E-state index in [1.54, 1.807) is 12.4 Å². The highest BCUT2D eigenvalue weighted by molar-refractivity contribution is 5.95. The van der Waals surface area contributed by atoms with Gasteiger partial charge in [-0.3, -0.25) is 9.78 Å². The summed E-state index contributed by atoms with van der Waals surface area (Å²) in [5.74, 6) is 0.666. The van der Waals surface area contributed by atoms with E-state index in [0.717, 1.165) is 30.5 Å². The zero-order valence-electron chi connectivity index (χ0n) is 14.3. The summed E-state index contributed by atoms with van der Waals surface area (Å²) >= 11 is 0. The fourth-order valence-electron chi connectivity index (χ4n) is 3.25. The summed E-state index contributed by atoms with van der Waals surface area (Å²) in [7, 11) is 0. The van der Waals surface area contributed by atoms with Crippen molar-refractivity contribution in [2.45, 2.75) is 25.8 Å². The van der Waals surface area contributed by atoms with Gasteiger partial charge in [-0.05, 0) is 30.4 Å². The molecule has 2 atom stereocenters. The Kier molecular flexibility index (Phi) is 8.36. The van der Waals surface area contributed by atoms with Gasteiger partial charge in [0, 0.05) is 37.1 Å². The van der Waals surface area contributed by atoms with E-state index in [2.05, 4.69) is 11.9 Å². The van der Waals surface area contributed by atoms with Crippen LogP contribution in [0.1, 0.15) is 30.1 Å². The summed E-state index contributed by atoms with van der Waals surface area (Å²) in [6.45, 7) is 3.52. The van der Waals surface area contributed by atoms with Crippen molar-refractivity contribution in [1.82, 2.24) is 9.88 Å². The molecule has 6 heteroatoms. The quantitative estimate of drug-likeness (QED) is 0.879. The summed E-state index contributed by atoms with van der Waals surface area (Å²) in [5.41, 5.74) is 8.55. The second-order valence-electron chi connectivity index (χ2n) is 6.35. The standard InChI is InChI=1S/C19H23N3O.2ClH/c1-14-7-8-22(18(9-14)11-20)19(23)17-10-16(12-21-13-17)15-5-3-2-4-6-15;;/h2-6,10,12-14,18H,7-9,11,20H2,1H3;2*1H. The van der Waals surface area contributed by atoms with Crippen LogP contribution >= 0.6 is 24.8 Å². The molecule has 2 aromatic rings. The average Bonchev–Trinajstić information content (AvgIpc) is 2.62. The largest absolute Gasteiger partial charge is 0.334 e. The number of likely N-dealkylation sites (tertiary alicyclic amines) is 1. The molecule has 1 saturated heterocycles. The lowest BCUT2D eigenvalue weighted by Crippen LogP contribution is -2.49. The van der Waals surface area contributed by atoms with Crippen molar-refractivity contribution in [3.05, 3.63) is 54.4 Å². The number of piperidine rings is 1. The summed E-state index contributed by atoms with van der Waals surface area (Å²) in [5, 5.41) is 0. The number of nitrogens with zero attached hydrogens (tertiary/aromatic N) is 2. The molecule has 3 rings (SSSR count). The Balaban J connectivity index is 0.00000156. The van der Waals surface area contributed by atoms with Crippen molar-refractivity contribution < 1.29 is 4.79 Å². The highest BCUT2D eigenvalue weighted by atomic mass is 35.5. The first-order valence-corrected chi connectivity index (χ1v) is 8.20. The second kappa shape index (κ2) is 9.76. The van der Waals surface area contributed by atoms with Gasteiger partial charge in [-0.15, -0.1) is 24.8 Å². The molecule has 1 amide bonds. The third kappa shape index (κ3) is 4.94. The van der Waals surface area contributed by atoms with Gasteiger partial charge in [0.05, 0.1) is 5.56 Å². The lowest BCUT2D eigenvalue weighted by atomic mass is 9.92. The molecule has 0 bridgehead atoms. The Bertz CT molecular complexity index is 681. The topological polar surface area (TPSA) is 59.2 Å². The summed E-state index contributed by atoms with van der Waals surface area (Å²) < 4.78 is 0. The molecule has 1 aromatic heterocycles. The van der Waals surface area contributed by atoms with Crippen LogP contribution in [0.3, 0.4) is 0 Å². The molecule has 0 saturated carbocycles. The smallest absolute Gasteiger partial charge is 0.255 e. The second-order valence-corrected chi connectivity index (χ2v) is 6.35. The fraction of sp³-hybridized carbons (Fsp3) is 0.368. The van der Waals surface area contributed by atoms with Crippen molar-refractivity contribution in [1.29, 1.82) is 0 Å². The zero-order valence-corrected chi connectivity index (χ0v) is 15.9. The van der Waals surface area contributed by atoms with E-state index < -0.39 is 0 Å². The zero-order chi connectivity index (χ0) is 16.2. The summed E-state index contributed by atoms with van der Waals surface area (Å²) in [6.07, 6.45) is 5.47. The predicted octanol–water partition coefficient (Wildman–Crippen LogP) is 3.79. The van der Waals surface area contributed by atoms with E-state index in [-0.39, 0.29) is 36.8 Å². The van der Waals surface area contributed by atoms with Crippen molar-refractivity contribution in [2.75, 3.05) is 13.1 Å². The van der Waals surface area contributed by atoms with Crippen molar-refractivity contribution in [3.8, 4) is 11.1 Å². The van der Waals surface area contributed by atoms with Gasteiger partial charge >= 0.3 is 0 Å². The van der Waals surface area contributed by atoms with Crippen molar-refractivity contribution in [2.24, 2.45) is 11.7 Å². The Hall–Kier alpha value is -1.62. The van der Waals surface area contributed by atoms with Crippen LogP contribution in [0.25, 0.3) is 11.1 Å². The third-order valence-electron chi connectivity index (χ3n) is 4.60. The summed E-state index contributed by atoms with van der Waals surface area (Å²) in [4.78, 5) is 19.1. The maximum atomic E-state index is 12.9. The maximum Gasteiger partial charge on any atom is 0.255 e. The highest BCUT2D eigenvalue weighted by Gasteiger charge is 2.29. The van der Waals surface area contributed by atoms with Gasteiger partial charge in [0.2, 0.25) is 0 Å². The number of amides is 1. The molecule has 136 valence electrons. The molecule has 25 heavy (non-hydrogen) atoms. The van der Waals surface area contributed by atoms with Crippen LogP contribution in [0.5, 0.6) is 0 Å². The molecular formula is C19H25Cl2N3O. The number of hydrogen-bond donors (Lipinski definition) is 1. The minimum atomic E-state index is 0. The Morgan fingerprint density at radius 1 is 1.20 bits per heavy atom. The predicted molar refractivity (Wildman–Crippen MR) is 106 cm³/mol. The molecule has 2 unspecified atom stereocenters. The number of halogens is 2. The van der Waals surface area contributed by atoms with Gasteiger partial charge in [0.25, 0.3) is 5.91 Å². The monoisotopic (exact) mass is 381 g/mol. The Morgan fingerprint density at radius 3 is 2.60 bits per heavy atom. The fourth-order valence-corrected chi connectivity index (χ4v) is 3.25. The van der Waals surface area contributed by atoms with Crippen LogP contribution in [0.15, 0.2) is 48.8 Å². The third-order valence-corrected chi connectivity index (χ3v) is 4.60. The van der Waals surface area contributed by atoms with Crippen LogP contribution < -0.4 is 5.73 Å². The van der Waals surface area contributed by atoms with Gasteiger partial charge in [0.15, 0.2) is 0 Å². The molecule has 1 aromatic carbocycles. The normalized spacial score (nSPS) is 19.5. The van der Waals surface area contributed by atoms with Crippen LogP contribution in [-0.2, 0) is 0 Å². The molecule has 1 aliphatic rings. The molecule has 0 spiro atoms. The number of nitrogens with two attached hydrogens (primary N) is 1. The number of hydrogen-bond acceptors (Lipinski definition) is 3. The van der Waals surface area contributed by atoms with E-state index >= 15 is 0 Å². The van der Waals surface area contributed by atoms with Gasteiger partial charge in [-0.25, -0.2) is 0 Å². The Labute approximate surface area is 161 Å². The first-order valence-electron chi connectivity index (χ1n) is 8.20. The molecule has 0 radical (unpaired) electrons. The molecule has 2 heterocycles. The molecule has 1 aliphatic heterocycles. The van der Waals surface area contributed by atoms with E-state index in [4.69, 9.17) is 5.73 Å². The van der Waals surface area contributed by atoms with E-state index in [9.17, 15) is 4.79 Å². The summed E-state index contributed by atoms with van der Waals surface area (Å²) in [6, 6.07) is 12.1. The van der Waals surface area contributed by atoms with Crippen LogP contribution in [0.2, 0.25) is 0 Å². The van der Waals surface area contributed by atoms with Crippen LogP contribution in [-0.4, -0.2) is 34.9 Å². The number of carbonyl (C=O) groups is 1.